The van der Waals surface area contributed by atoms with E-state index in [9.17, 15) is 14.4 Å². The number of hydrogen-bond acceptors (Lipinski definition) is 5. The largest absolute Gasteiger partial charge is 0.488 e. The first-order chi connectivity index (χ1) is 15.2. The molecule has 4 N–H and O–H groups in total. The summed E-state index contributed by atoms with van der Waals surface area (Å²) in [6.07, 6.45) is 4.02. The zero-order valence-corrected chi connectivity index (χ0v) is 19.2. The van der Waals surface area contributed by atoms with Crippen molar-refractivity contribution in [3.8, 4) is 5.75 Å². The monoisotopic (exact) mass is 442 g/mol. The van der Waals surface area contributed by atoms with Gasteiger partial charge in [0.1, 0.15) is 23.9 Å². The summed E-state index contributed by atoms with van der Waals surface area (Å²) in [5.41, 5.74) is 7.03. The number of likely N-dealkylation sites (tertiary alicyclic amines) is 1. The molecule has 3 aliphatic rings. The molecule has 0 aromatic heterocycles. The summed E-state index contributed by atoms with van der Waals surface area (Å²) in [6, 6.07) is 5.05. The molecule has 5 atom stereocenters. The van der Waals surface area contributed by atoms with E-state index in [0.717, 1.165) is 5.56 Å². The Labute approximate surface area is 189 Å². The van der Waals surface area contributed by atoms with E-state index < -0.39 is 30.1 Å². The van der Waals surface area contributed by atoms with E-state index in [1.807, 2.05) is 52.0 Å². The van der Waals surface area contributed by atoms with Gasteiger partial charge in [0.05, 0.1) is 6.04 Å². The average molecular weight is 443 g/mol. The Morgan fingerprint density at radius 2 is 1.88 bits per heavy atom. The number of rotatable bonds is 4. The SMILES string of the molecule is CCC(C)C1NC(=O)C2C(CCN2C(=O)C(N)C(C)C)Oc2ccc(cc2)/C=C\NC1=O. The highest BCUT2D eigenvalue weighted by Crippen LogP contribution is 2.26. The molecule has 3 aliphatic heterocycles. The number of nitrogens with zero attached hydrogens (tertiary/aromatic N) is 1. The van der Waals surface area contributed by atoms with Crippen molar-refractivity contribution >= 4 is 23.8 Å². The summed E-state index contributed by atoms with van der Waals surface area (Å²) in [7, 11) is 0. The van der Waals surface area contributed by atoms with Gasteiger partial charge in [-0.2, -0.15) is 0 Å². The summed E-state index contributed by atoms with van der Waals surface area (Å²) in [4.78, 5) is 41.0. The van der Waals surface area contributed by atoms with Crippen LogP contribution in [0.2, 0.25) is 0 Å². The molecular weight excluding hydrogens is 408 g/mol. The summed E-state index contributed by atoms with van der Waals surface area (Å²) in [6.45, 7) is 7.99. The number of carbonyl (C=O) groups excluding carboxylic acids is 3. The summed E-state index contributed by atoms with van der Waals surface area (Å²) in [5, 5.41) is 5.66. The lowest BCUT2D eigenvalue weighted by molar-refractivity contribution is -0.143. The van der Waals surface area contributed by atoms with Crippen molar-refractivity contribution in [3.63, 3.8) is 0 Å². The molecule has 1 aromatic carbocycles. The van der Waals surface area contributed by atoms with Crippen LogP contribution >= 0.6 is 0 Å². The van der Waals surface area contributed by atoms with Gasteiger partial charge in [-0.25, -0.2) is 0 Å². The maximum Gasteiger partial charge on any atom is 0.247 e. The molecule has 3 heterocycles. The van der Waals surface area contributed by atoms with Crippen molar-refractivity contribution in [1.29, 1.82) is 0 Å². The van der Waals surface area contributed by atoms with E-state index in [1.54, 1.807) is 12.3 Å². The molecule has 1 aromatic rings. The molecule has 174 valence electrons. The highest BCUT2D eigenvalue weighted by molar-refractivity contribution is 5.94. The molecule has 5 unspecified atom stereocenters. The first-order valence-corrected chi connectivity index (χ1v) is 11.3. The first-order valence-electron chi connectivity index (χ1n) is 11.3. The number of ether oxygens (including phenoxy) is 1. The van der Waals surface area contributed by atoms with Crippen molar-refractivity contribution in [1.82, 2.24) is 15.5 Å². The summed E-state index contributed by atoms with van der Waals surface area (Å²) in [5.74, 6) is -0.537. The van der Waals surface area contributed by atoms with Crippen LogP contribution in [0.15, 0.2) is 30.5 Å². The van der Waals surface area contributed by atoms with Gasteiger partial charge in [0.2, 0.25) is 17.7 Å². The molecule has 8 heteroatoms. The first kappa shape index (κ1) is 23.8. The quantitative estimate of drug-likeness (QED) is 0.656. The summed E-state index contributed by atoms with van der Waals surface area (Å²) >= 11 is 0. The molecule has 2 bridgehead atoms. The Kier molecular flexibility index (Phi) is 7.56. The second-order valence-electron chi connectivity index (χ2n) is 8.97. The average Bonchev–Trinajstić information content (AvgIpc) is 3.19. The van der Waals surface area contributed by atoms with Gasteiger partial charge in [0, 0.05) is 19.2 Å². The van der Waals surface area contributed by atoms with Crippen LogP contribution in [0.5, 0.6) is 5.75 Å². The van der Waals surface area contributed by atoms with Crippen LogP contribution in [0.1, 0.15) is 46.1 Å². The van der Waals surface area contributed by atoms with Crippen molar-refractivity contribution < 1.29 is 19.1 Å². The second-order valence-corrected chi connectivity index (χ2v) is 8.97. The molecule has 0 saturated carbocycles. The molecule has 1 saturated heterocycles. The van der Waals surface area contributed by atoms with Crippen molar-refractivity contribution in [3.05, 3.63) is 36.0 Å². The molecular formula is C24H34N4O4. The highest BCUT2D eigenvalue weighted by Gasteiger charge is 2.46. The molecule has 1 fully saturated rings. The van der Waals surface area contributed by atoms with Crippen LogP contribution in [-0.4, -0.2) is 53.4 Å². The van der Waals surface area contributed by atoms with Gasteiger partial charge in [0.25, 0.3) is 0 Å². The normalized spacial score (nSPS) is 26.4. The lowest BCUT2D eigenvalue weighted by Gasteiger charge is -2.32. The zero-order chi connectivity index (χ0) is 23.4. The number of hydrogen-bond donors (Lipinski definition) is 3. The van der Waals surface area contributed by atoms with Crippen molar-refractivity contribution in [2.24, 2.45) is 17.6 Å². The van der Waals surface area contributed by atoms with Crippen LogP contribution in [0.4, 0.5) is 0 Å². The van der Waals surface area contributed by atoms with Crippen LogP contribution in [0.3, 0.4) is 0 Å². The van der Waals surface area contributed by atoms with Crippen LogP contribution in [0, 0.1) is 11.8 Å². The number of benzene rings is 1. The minimum atomic E-state index is -0.871. The molecule has 0 aliphatic carbocycles. The Balaban J connectivity index is 1.98. The fourth-order valence-electron chi connectivity index (χ4n) is 4.00. The Morgan fingerprint density at radius 1 is 1.19 bits per heavy atom. The van der Waals surface area contributed by atoms with Gasteiger partial charge in [0.15, 0.2) is 0 Å². The summed E-state index contributed by atoms with van der Waals surface area (Å²) < 4.78 is 6.16. The number of carbonyl (C=O) groups is 3. The maximum absolute atomic E-state index is 13.5. The Bertz CT molecular complexity index is 867. The number of nitrogens with one attached hydrogen (secondary N) is 2. The van der Waals surface area contributed by atoms with Crippen LogP contribution in [-0.2, 0) is 14.4 Å². The fourth-order valence-corrected chi connectivity index (χ4v) is 4.00. The van der Waals surface area contributed by atoms with E-state index in [0.29, 0.717) is 25.1 Å². The van der Waals surface area contributed by atoms with E-state index in [4.69, 9.17) is 10.5 Å². The zero-order valence-electron chi connectivity index (χ0n) is 19.2. The Morgan fingerprint density at radius 3 is 2.50 bits per heavy atom. The molecule has 8 nitrogen and oxygen atoms in total. The van der Waals surface area contributed by atoms with E-state index in [1.165, 1.54) is 4.90 Å². The van der Waals surface area contributed by atoms with Crippen LogP contribution < -0.4 is 21.1 Å². The lowest BCUT2D eigenvalue weighted by atomic mass is 9.97. The molecule has 0 radical (unpaired) electrons. The third kappa shape index (κ3) is 5.12. The fraction of sp³-hybridized carbons (Fsp3) is 0.542. The minimum absolute atomic E-state index is 0.0676. The van der Waals surface area contributed by atoms with Gasteiger partial charge in [-0.1, -0.05) is 46.2 Å². The van der Waals surface area contributed by atoms with Crippen molar-refractivity contribution in [2.75, 3.05) is 6.54 Å². The standard InChI is InChI=1S/C24H34N4O4/c1-5-15(4)20-22(29)26-12-10-16-6-8-17(9-7-16)32-18-11-13-28(21(18)23(30)27-20)24(31)19(25)14(2)3/h6-10,12,14-15,18-21H,5,11,13,25H2,1-4H3,(H,26,29)(H,27,30)/b12-10-. The lowest BCUT2D eigenvalue weighted by Crippen LogP contribution is -2.59. The smallest absolute Gasteiger partial charge is 0.247 e. The minimum Gasteiger partial charge on any atom is -0.488 e. The molecule has 32 heavy (non-hydrogen) atoms. The molecule has 4 rings (SSSR count). The number of fused-ring (bicyclic) bond motifs is 7. The topological polar surface area (TPSA) is 114 Å². The predicted octanol–water partition coefficient (Wildman–Crippen LogP) is 1.65. The van der Waals surface area contributed by atoms with E-state index >= 15 is 0 Å². The third-order valence-corrected chi connectivity index (χ3v) is 6.36. The van der Waals surface area contributed by atoms with Crippen molar-refractivity contribution in [2.45, 2.75) is 64.8 Å². The highest BCUT2D eigenvalue weighted by atomic mass is 16.5. The number of amides is 3. The van der Waals surface area contributed by atoms with Gasteiger partial charge in [-0.05, 0) is 35.6 Å². The predicted molar refractivity (Wildman–Crippen MR) is 122 cm³/mol. The van der Waals surface area contributed by atoms with Gasteiger partial charge in [-0.3, -0.25) is 14.4 Å². The van der Waals surface area contributed by atoms with Crippen LogP contribution in [0.25, 0.3) is 6.08 Å². The van der Waals surface area contributed by atoms with E-state index in [2.05, 4.69) is 10.6 Å². The van der Waals surface area contributed by atoms with Gasteiger partial charge in [-0.15, -0.1) is 0 Å². The number of nitrogens with two attached hydrogens (primary N) is 1. The molecule has 0 spiro atoms. The third-order valence-electron chi connectivity index (χ3n) is 6.36. The van der Waals surface area contributed by atoms with Gasteiger partial charge >= 0.3 is 0 Å². The second kappa shape index (κ2) is 10.2. The van der Waals surface area contributed by atoms with E-state index in [-0.39, 0.29) is 23.7 Å². The maximum atomic E-state index is 13.5. The van der Waals surface area contributed by atoms with Gasteiger partial charge < -0.3 is 26.0 Å². The molecule has 3 amide bonds. The Hall–Kier alpha value is -2.87.